The lowest BCUT2D eigenvalue weighted by atomic mass is 10.0. The predicted molar refractivity (Wildman–Crippen MR) is 79.3 cm³/mol. The zero-order valence-corrected chi connectivity index (χ0v) is 12.3. The highest BCUT2D eigenvalue weighted by molar-refractivity contribution is 5.83. The van der Waals surface area contributed by atoms with Gasteiger partial charge < -0.3 is 15.4 Å². The molecule has 0 radical (unpaired) electrons. The molecule has 1 heterocycles. The molecule has 1 amide bonds. The second-order valence-corrected chi connectivity index (χ2v) is 5.40. The van der Waals surface area contributed by atoms with E-state index in [0.717, 1.165) is 25.0 Å². The minimum Gasteiger partial charge on any atom is -0.376 e. The molecule has 1 aromatic rings. The van der Waals surface area contributed by atoms with Crippen molar-refractivity contribution in [1.82, 2.24) is 4.90 Å². The van der Waals surface area contributed by atoms with E-state index in [2.05, 4.69) is 0 Å². The van der Waals surface area contributed by atoms with E-state index in [0.29, 0.717) is 13.1 Å². The van der Waals surface area contributed by atoms with Crippen LogP contribution < -0.4 is 5.73 Å². The average molecular weight is 276 g/mol. The van der Waals surface area contributed by atoms with Crippen LogP contribution in [0.3, 0.4) is 0 Å². The van der Waals surface area contributed by atoms with E-state index in [1.165, 1.54) is 5.56 Å². The molecule has 0 spiro atoms. The molecule has 1 aromatic carbocycles. The minimum atomic E-state index is -0.586. The summed E-state index contributed by atoms with van der Waals surface area (Å²) in [6, 6.07) is 7.24. The van der Waals surface area contributed by atoms with Crippen molar-refractivity contribution in [2.75, 3.05) is 19.7 Å². The Hall–Kier alpha value is -1.39. The maximum atomic E-state index is 12.5. The van der Waals surface area contributed by atoms with E-state index in [-0.39, 0.29) is 12.0 Å². The van der Waals surface area contributed by atoms with Crippen LogP contribution in [0, 0.1) is 6.92 Å². The predicted octanol–water partition coefficient (Wildman–Crippen LogP) is 2.02. The quantitative estimate of drug-likeness (QED) is 0.895. The monoisotopic (exact) mass is 276 g/mol. The molecule has 0 saturated carbocycles. The Balaban J connectivity index is 2.01. The molecular weight excluding hydrogens is 252 g/mol. The first-order valence-electron chi connectivity index (χ1n) is 7.34. The molecule has 2 rings (SSSR count). The second kappa shape index (κ2) is 6.86. The summed E-state index contributed by atoms with van der Waals surface area (Å²) < 4.78 is 5.60. The lowest BCUT2D eigenvalue weighted by Gasteiger charge is -2.27. The van der Waals surface area contributed by atoms with Gasteiger partial charge in [0.2, 0.25) is 5.91 Å². The van der Waals surface area contributed by atoms with Gasteiger partial charge in [-0.1, -0.05) is 29.8 Å². The van der Waals surface area contributed by atoms with E-state index >= 15 is 0 Å². The molecular formula is C16H24N2O2. The number of carbonyl (C=O) groups excluding carboxylic acids is 1. The van der Waals surface area contributed by atoms with Crippen LogP contribution in [0.5, 0.6) is 0 Å². The molecule has 1 aliphatic rings. The number of carbonyl (C=O) groups is 1. The number of likely N-dealkylation sites (N-methyl/N-ethyl adjacent to an activating group) is 1. The number of benzene rings is 1. The lowest BCUT2D eigenvalue weighted by Crippen LogP contribution is -2.42. The first kappa shape index (κ1) is 15.0. The molecule has 2 N–H and O–H groups in total. The number of aryl methyl sites for hydroxylation is 1. The molecule has 2 unspecified atom stereocenters. The van der Waals surface area contributed by atoms with E-state index < -0.39 is 6.04 Å². The molecule has 0 bridgehead atoms. The van der Waals surface area contributed by atoms with Gasteiger partial charge in [-0.2, -0.15) is 0 Å². The Morgan fingerprint density at radius 3 is 2.70 bits per heavy atom. The van der Waals surface area contributed by atoms with Gasteiger partial charge in [-0.3, -0.25) is 4.79 Å². The summed E-state index contributed by atoms with van der Waals surface area (Å²) in [6.07, 6.45) is 2.29. The lowest BCUT2D eigenvalue weighted by molar-refractivity contribution is -0.134. The van der Waals surface area contributed by atoms with Crippen molar-refractivity contribution in [3.63, 3.8) is 0 Å². The van der Waals surface area contributed by atoms with Crippen molar-refractivity contribution >= 4 is 5.91 Å². The van der Waals surface area contributed by atoms with Gasteiger partial charge in [0, 0.05) is 19.7 Å². The number of nitrogens with two attached hydrogens (primary N) is 1. The van der Waals surface area contributed by atoms with Crippen molar-refractivity contribution < 1.29 is 9.53 Å². The third-order valence-corrected chi connectivity index (χ3v) is 3.84. The van der Waals surface area contributed by atoms with Gasteiger partial charge in [0.1, 0.15) is 6.04 Å². The van der Waals surface area contributed by atoms with Crippen molar-refractivity contribution in [3.8, 4) is 0 Å². The number of hydrogen-bond acceptors (Lipinski definition) is 3. The van der Waals surface area contributed by atoms with E-state index in [4.69, 9.17) is 10.5 Å². The first-order valence-corrected chi connectivity index (χ1v) is 7.34. The third kappa shape index (κ3) is 3.58. The molecule has 1 saturated heterocycles. The van der Waals surface area contributed by atoms with Crippen molar-refractivity contribution in [3.05, 3.63) is 35.4 Å². The van der Waals surface area contributed by atoms with Crippen LogP contribution in [-0.2, 0) is 9.53 Å². The van der Waals surface area contributed by atoms with Gasteiger partial charge in [-0.25, -0.2) is 0 Å². The highest BCUT2D eigenvalue weighted by Crippen LogP contribution is 2.17. The van der Waals surface area contributed by atoms with E-state index in [1.807, 2.05) is 38.1 Å². The van der Waals surface area contributed by atoms with E-state index in [1.54, 1.807) is 4.90 Å². The number of hydrogen-bond donors (Lipinski definition) is 1. The Morgan fingerprint density at radius 1 is 1.45 bits per heavy atom. The normalized spacial score (nSPS) is 19.9. The van der Waals surface area contributed by atoms with Crippen LogP contribution in [0.25, 0.3) is 0 Å². The van der Waals surface area contributed by atoms with Crippen molar-refractivity contribution in [2.45, 2.75) is 38.8 Å². The molecule has 4 heteroatoms. The average Bonchev–Trinajstić information content (AvgIpc) is 2.97. The standard InChI is InChI=1S/C16H24N2O2/c1-3-18(11-14-5-4-10-20-14)16(19)15(17)13-8-6-12(2)7-9-13/h6-9,14-15H,3-5,10-11,17H2,1-2H3. The van der Waals surface area contributed by atoms with Gasteiger partial charge in [-0.05, 0) is 32.3 Å². The SMILES string of the molecule is CCN(CC1CCCO1)C(=O)C(N)c1ccc(C)cc1. The summed E-state index contributed by atoms with van der Waals surface area (Å²) in [5, 5.41) is 0. The summed E-state index contributed by atoms with van der Waals surface area (Å²) in [5.41, 5.74) is 8.14. The molecule has 0 aliphatic carbocycles. The highest BCUT2D eigenvalue weighted by Gasteiger charge is 2.25. The fraction of sp³-hybridized carbons (Fsp3) is 0.562. The molecule has 20 heavy (non-hydrogen) atoms. The number of amides is 1. The molecule has 4 nitrogen and oxygen atoms in total. The van der Waals surface area contributed by atoms with Gasteiger partial charge in [-0.15, -0.1) is 0 Å². The molecule has 110 valence electrons. The molecule has 2 atom stereocenters. The summed E-state index contributed by atoms with van der Waals surface area (Å²) in [4.78, 5) is 14.3. The van der Waals surface area contributed by atoms with Crippen LogP contribution in [0.2, 0.25) is 0 Å². The zero-order chi connectivity index (χ0) is 14.5. The molecule has 1 aliphatic heterocycles. The van der Waals surface area contributed by atoms with Gasteiger partial charge in [0.25, 0.3) is 0 Å². The largest absolute Gasteiger partial charge is 0.376 e. The smallest absolute Gasteiger partial charge is 0.244 e. The Kier molecular flexibility index (Phi) is 5.15. The van der Waals surface area contributed by atoms with Gasteiger partial charge in [0.15, 0.2) is 0 Å². The first-order chi connectivity index (χ1) is 9.61. The molecule has 0 aromatic heterocycles. The van der Waals surface area contributed by atoms with Crippen LogP contribution >= 0.6 is 0 Å². The number of nitrogens with zero attached hydrogens (tertiary/aromatic N) is 1. The number of ether oxygens (including phenoxy) is 1. The van der Waals surface area contributed by atoms with Crippen LogP contribution in [-0.4, -0.2) is 36.6 Å². The zero-order valence-electron chi connectivity index (χ0n) is 12.3. The minimum absolute atomic E-state index is 0.0214. The summed E-state index contributed by atoms with van der Waals surface area (Å²) >= 11 is 0. The number of rotatable bonds is 5. The fourth-order valence-electron chi connectivity index (χ4n) is 2.52. The van der Waals surface area contributed by atoms with Crippen molar-refractivity contribution in [1.29, 1.82) is 0 Å². The van der Waals surface area contributed by atoms with E-state index in [9.17, 15) is 4.79 Å². The topological polar surface area (TPSA) is 55.6 Å². The fourth-order valence-corrected chi connectivity index (χ4v) is 2.52. The summed E-state index contributed by atoms with van der Waals surface area (Å²) in [6.45, 7) is 6.12. The second-order valence-electron chi connectivity index (χ2n) is 5.40. The Morgan fingerprint density at radius 2 is 2.15 bits per heavy atom. The third-order valence-electron chi connectivity index (χ3n) is 3.84. The highest BCUT2D eigenvalue weighted by atomic mass is 16.5. The summed E-state index contributed by atoms with van der Waals surface area (Å²) in [5.74, 6) is -0.0214. The Labute approximate surface area is 120 Å². The Bertz CT molecular complexity index is 438. The van der Waals surface area contributed by atoms with Crippen LogP contribution in [0.4, 0.5) is 0 Å². The van der Waals surface area contributed by atoms with Crippen LogP contribution in [0.1, 0.15) is 36.9 Å². The van der Waals surface area contributed by atoms with Gasteiger partial charge >= 0.3 is 0 Å². The van der Waals surface area contributed by atoms with Gasteiger partial charge in [0.05, 0.1) is 6.10 Å². The maximum absolute atomic E-state index is 12.5. The summed E-state index contributed by atoms with van der Waals surface area (Å²) in [7, 11) is 0. The molecule has 1 fully saturated rings. The maximum Gasteiger partial charge on any atom is 0.244 e. The van der Waals surface area contributed by atoms with Crippen LogP contribution in [0.15, 0.2) is 24.3 Å². The van der Waals surface area contributed by atoms with Crippen molar-refractivity contribution in [2.24, 2.45) is 5.73 Å².